The second kappa shape index (κ2) is 9.88. The number of carbonyl (C=O) groups is 2. The molecular formula is C21H22N2O5S. The summed E-state index contributed by atoms with van der Waals surface area (Å²) < 4.78 is 16.5. The van der Waals surface area contributed by atoms with Crippen LogP contribution in [0.25, 0.3) is 10.2 Å². The van der Waals surface area contributed by atoms with Gasteiger partial charge >= 0.3 is 5.97 Å². The van der Waals surface area contributed by atoms with Crippen LogP contribution < -0.4 is 14.8 Å². The van der Waals surface area contributed by atoms with Crippen LogP contribution in [0.3, 0.4) is 0 Å². The number of aromatic nitrogens is 1. The maximum absolute atomic E-state index is 12.0. The van der Waals surface area contributed by atoms with Crippen LogP contribution in [0.2, 0.25) is 0 Å². The van der Waals surface area contributed by atoms with Crippen molar-refractivity contribution in [1.29, 1.82) is 0 Å². The van der Waals surface area contributed by atoms with Gasteiger partial charge in [-0.05, 0) is 25.0 Å². The minimum atomic E-state index is -0.431. The molecule has 29 heavy (non-hydrogen) atoms. The number of carbonyl (C=O) groups excluding carboxylic acids is 2. The average molecular weight is 414 g/mol. The van der Waals surface area contributed by atoms with Gasteiger partial charge in [0.15, 0.2) is 6.61 Å². The van der Waals surface area contributed by atoms with E-state index < -0.39 is 11.9 Å². The summed E-state index contributed by atoms with van der Waals surface area (Å²) in [7, 11) is 3.05. The Morgan fingerprint density at radius 3 is 2.48 bits per heavy atom. The quantitative estimate of drug-likeness (QED) is 0.536. The predicted molar refractivity (Wildman–Crippen MR) is 112 cm³/mol. The number of nitrogens with zero attached hydrogens (tertiary/aromatic N) is 1. The summed E-state index contributed by atoms with van der Waals surface area (Å²) in [5.74, 6) is 0.252. The van der Waals surface area contributed by atoms with Gasteiger partial charge in [0, 0.05) is 30.3 Å². The van der Waals surface area contributed by atoms with Crippen LogP contribution in [-0.2, 0) is 20.7 Å². The van der Waals surface area contributed by atoms with E-state index in [2.05, 4.69) is 10.3 Å². The number of amides is 1. The molecule has 0 saturated heterocycles. The van der Waals surface area contributed by atoms with Gasteiger partial charge in [-0.25, -0.2) is 4.98 Å². The zero-order valence-corrected chi connectivity index (χ0v) is 17.1. The number of para-hydroxylation sites is 1. The summed E-state index contributed by atoms with van der Waals surface area (Å²) in [6.45, 7) is -0.348. The van der Waals surface area contributed by atoms with Crippen LogP contribution >= 0.6 is 11.3 Å². The summed E-state index contributed by atoms with van der Waals surface area (Å²) in [5, 5.41) is 3.65. The fraction of sp³-hybridized carbons (Fsp3) is 0.286. The number of methoxy groups -OCH3 is 2. The normalized spacial score (nSPS) is 10.6. The SMILES string of the molecule is COc1cc(NC(=O)COC(=O)CCCc2nc3ccccc3s2)cc(OC)c1. The van der Waals surface area contributed by atoms with E-state index in [-0.39, 0.29) is 13.0 Å². The van der Waals surface area contributed by atoms with E-state index in [4.69, 9.17) is 14.2 Å². The Morgan fingerprint density at radius 1 is 1.07 bits per heavy atom. The van der Waals surface area contributed by atoms with E-state index >= 15 is 0 Å². The third-order valence-electron chi connectivity index (χ3n) is 4.11. The molecule has 0 aliphatic heterocycles. The summed E-state index contributed by atoms with van der Waals surface area (Å²) in [5.41, 5.74) is 1.47. The molecule has 1 aromatic heterocycles. The highest BCUT2D eigenvalue weighted by Gasteiger charge is 2.11. The van der Waals surface area contributed by atoms with E-state index in [0.717, 1.165) is 15.2 Å². The molecule has 0 saturated carbocycles. The predicted octanol–water partition coefficient (Wildman–Crippen LogP) is 3.82. The first-order chi connectivity index (χ1) is 14.1. The Bertz CT molecular complexity index is 946. The first-order valence-corrected chi connectivity index (χ1v) is 9.92. The maximum atomic E-state index is 12.0. The number of nitrogens with one attached hydrogen (secondary N) is 1. The minimum Gasteiger partial charge on any atom is -0.497 e. The number of benzene rings is 2. The largest absolute Gasteiger partial charge is 0.497 e. The van der Waals surface area contributed by atoms with Crippen molar-refractivity contribution >= 4 is 39.1 Å². The third kappa shape index (κ3) is 5.92. The summed E-state index contributed by atoms with van der Waals surface area (Å²) in [6.07, 6.45) is 1.55. The molecule has 152 valence electrons. The third-order valence-corrected chi connectivity index (χ3v) is 5.21. The number of hydrogen-bond acceptors (Lipinski definition) is 7. The fourth-order valence-electron chi connectivity index (χ4n) is 2.71. The number of ether oxygens (including phenoxy) is 3. The molecule has 0 aliphatic carbocycles. The van der Waals surface area contributed by atoms with Crippen molar-refractivity contribution in [1.82, 2.24) is 4.98 Å². The standard InChI is InChI=1S/C21H22N2O5S/c1-26-15-10-14(11-16(12-15)27-2)22-19(24)13-28-21(25)9-5-8-20-23-17-6-3-4-7-18(17)29-20/h3-4,6-7,10-12H,5,8-9,13H2,1-2H3,(H,22,24). The highest BCUT2D eigenvalue weighted by Crippen LogP contribution is 2.26. The molecule has 3 aromatic rings. The van der Waals surface area contributed by atoms with Crippen LogP contribution in [0.15, 0.2) is 42.5 Å². The number of aryl methyl sites for hydroxylation is 1. The Balaban J connectivity index is 1.41. The molecule has 7 nitrogen and oxygen atoms in total. The molecule has 0 unspecified atom stereocenters. The van der Waals surface area contributed by atoms with Gasteiger partial charge in [-0.2, -0.15) is 0 Å². The van der Waals surface area contributed by atoms with Crippen LogP contribution in [0.4, 0.5) is 5.69 Å². The Labute approximate surface area is 172 Å². The van der Waals surface area contributed by atoms with Gasteiger partial charge in [0.25, 0.3) is 5.91 Å². The van der Waals surface area contributed by atoms with Crippen molar-refractivity contribution < 1.29 is 23.8 Å². The van der Waals surface area contributed by atoms with Crippen LogP contribution in [0, 0.1) is 0 Å². The lowest BCUT2D eigenvalue weighted by atomic mass is 10.2. The van der Waals surface area contributed by atoms with Gasteiger partial charge in [-0.1, -0.05) is 12.1 Å². The summed E-state index contributed by atoms with van der Waals surface area (Å²) in [4.78, 5) is 28.5. The van der Waals surface area contributed by atoms with Gasteiger partial charge in [-0.15, -0.1) is 11.3 Å². The van der Waals surface area contributed by atoms with Gasteiger partial charge in [0.2, 0.25) is 0 Å². The van der Waals surface area contributed by atoms with E-state index in [1.165, 1.54) is 14.2 Å². The monoisotopic (exact) mass is 414 g/mol. The molecule has 0 radical (unpaired) electrons. The van der Waals surface area contributed by atoms with E-state index in [0.29, 0.717) is 30.0 Å². The topological polar surface area (TPSA) is 86.8 Å². The number of hydrogen-bond donors (Lipinski definition) is 1. The molecule has 2 aromatic carbocycles. The lowest BCUT2D eigenvalue weighted by molar-refractivity contribution is -0.147. The highest BCUT2D eigenvalue weighted by atomic mass is 32.1. The Hall–Kier alpha value is -3.13. The number of rotatable bonds is 9. The second-order valence-electron chi connectivity index (χ2n) is 6.24. The van der Waals surface area contributed by atoms with E-state index in [9.17, 15) is 9.59 Å². The van der Waals surface area contributed by atoms with Crippen molar-refractivity contribution in [3.63, 3.8) is 0 Å². The molecule has 8 heteroatoms. The van der Waals surface area contributed by atoms with Crippen molar-refractivity contribution in [2.24, 2.45) is 0 Å². The lowest BCUT2D eigenvalue weighted by Gasteiger charge is -2.10. The first-order valence-electron chi connectivity index (χ1n) is 9.10. The molecule has 1 N–H and O–H groups in total. The minimum absolute atomic E-state index is 0.232. The molecule has 0 spiro atoms. The van der Waals surface area contributed by atoms with Crippen molar-refractivity contribution in [2.75, 3.05) is 26.1 Å². The van der Waals surface area contributed by atoms with Gasteiger partial charge in [0.05, 0.1) is 29.4 Å². The molecule has 0 fully saturated rings. The van der Waals surface area contributed by atoms with Crippen molar-refractivity contribution in [2.45, 2.75) is 19.3 Å². The molecule has 3 rings (SSSR count). The van der Waals surface area contributed by atoms with E-state index in [1.807, 2.05) is 24.3 Å². The van der Waals surface area contributed by atoms with Crippen molar-refractivity contribution in [3.8, 4) is 11.5 Å². The molecular weight excluding hydrogens is 392 g/mol. The van der Waals surface area contributed by atoms with Gasteiger partial charge in [-0.3, -0.25) is 9.59 Å². The zero-order valence-electron chi connectivity index (χ0n) is 16.3. The highest BCUT2D eigenvalue weighted by molar-refractivity contribution is 7.18. The van der Waals surface area contributed by atoms with Gasteiger partial charge < -0.3 is 19.5 Å². The first kappa shape index (κ1) is 20.6. The Morgan fingerprint density at radius 2 is 1.79 bits per heavy atom. The molecule has 1 heterocycles. The number of fused-ring (bicyclic) bond motifs is 1. The van der Waals surface area contributed by atoms with Crippen molar-refractivity contribution in [3.05, 3.63) is 47.5 Å². The number of esters is 1. The Kier molecular flexibility index (Phi) is 7.02. The van der Waals surface area contributed by atoms with Gasteiger partial charge in [0.1, 0.15) is 11.5 Å². The van der Waals surface area contributed by atoms with Crippen LogP contribution in [-0.4, -0.2) is 37.7 Å². The zero-order chi connectivity index (χ0) is 20.6. The van der Waals surface area contributed by atoms with Crippen LogP contribution in [0.5, 0.6) is 11.5 Å². The lowest BCUT2D eigenvalue weighted by Crippen LogP contribution is -2.20. The van der Waals surface area contributed by atoms with Crippen LogP contribution in [0.1, 0.15) is 17.8 Å². The molecule has 0 aliphatic rings. The summed E-state index contributed by atoms with van der Waals surface area (Å²) in [6, 6.07) is 12.9. The van der Waals surface area contributed by atoms with E-state index in [1.54, 1.807) is 29.5 Å². The number of anilines is 1. The molecule has 0 bridgehead atoms. The summed E-state index contributed by atoms with van der Waals surface area (Å²) >= 11 is 1.63. The number of thiazole rings is 1. The average Bonchev–Trinajstić information content (AvgIpc) is 3.14. The maximum Gasteiger partial charge on any atom is 0.306 e. The fourth-order valence-corrected chi connectivity index (χ4v) is 3.71. The molecule has 0 atom stereocenters. The smallest absolute Gasteiger partial charge is 0.306 e. The second-order valence-corrected chi connectivity index (χ2v) is 7.35. The molecule has 1 amide bonds.